The highest BCUT2D eigenvalue weighted by Crippen LogP contribution is 2.22. The Labute approximate surface area is 96.0 Å². The summed E-state index contributed by atoms with van der Waals surface area (Å²) in [6.07, 6.45) is 6.49. The molecule has 3 heterocycles. The molecule has 0 saturated heterocycles. The Bertz CT molecular complexity index is 577. The molecule has 3 rings (SSSR count). The molecule has 0 unspecified atom stereocenters. The van der Waals surface area contributed by atoms with Gasteiger partial charge in [-0.25, -0.2) is 9.97 Å². The molecule has 0 bridgehead atoms. The standard InChI is InChI=1S/C10H11N5S/c11-2-1-7-6-16-9(13-7)8-5-15-4-3-12-10(15)14-8/h3-6H,1-2,11H2,(H,12,14). The van der Waals surface area contributed by atoms with Crippen LogP contribution in [0.25, 0.3) is 16.5 Å². The Balaban J connectivity index is 1.98. The van der Waals surface area contributed by atoms with Crippen LogP contribution < -0.4 is 5.73 Å². The Hall–Kier alpha value is -1.66. The summed E-state index contributed by atoms with van der Waals surface area (Å²) in [5.74, 6) is 0.838. The number of aromatic nitrogens is 4. The molecule has 82 valence electrons. The lowest BCUT2D eigenvalue weighted by molar-refractivity contribution is 0.936. The Morgan fingerprint density at radius 2 is 2.44 bits per heavy atom. The number of nitrogens with two attached hydrogens (primary N) is 1. The largest absolute Gasteiger partial charge is 0.330 e. The van der Waals surface area contributed by atoms with Crippen molar-refractivity contribution in [2.75, 3.05) is 6.54 Å². The monoisotopic (exact) mass is 233 g/mol. The van der Waals surface area contributed by atoms with Crippen LogP contribution in [0.5, 0.6) is 0 Å². The van der Waals surface area contributed by atoms with Gasteiger partial charge in [0.05, 0.1) is 11.4 Å². The number of thiazole rings is 1. The smallest absolute Gasteiger partial charge is 0.211 e. The summed E-state index contributed by atoms with van der Waals surface area (Å²) in [4.78, 5) is 11.9. The second-order valence-corrected chi connectivity index (χ2v) is 4.37. The van der Waals surface area contributed by atoms with E-state index in [4.69, 9.17) is 5.73 Å². The number of nitrogens with zero attached hydrogens (tertiary/aromatic N) is 3. The molecule has 0 saturated carbocycles. The molecule has 0 aliphatic heterocycles. The van der Waals surface area contributed by atoms with Crippen LogP contribution in [-0.2, 0) is 6.42 Å². The number of rotatable bonds is 3. The summed E-state index contributed by atoms with van der Waals surface area (Å²) >= 11 is 1.62. The Morgan fingerprint density at radius 1 is 1.50 bits per heavy atom. The van der Waals surface area contributed by atoms with E-state index in [1.165, 1.54) is 0 Å². The zero-order valence-electron chi connectivity index (χ0n) is 8.55. The topological polar surface area (TPSA) is 72.0 Å². The third-order valence-corrected chi connectivity index (χ3v) is 3.29. The molecule has 0 aliphatic carbocycles. The molecule has 0 spiro atoms. The van der Waals surface area contributed by atoms with E-state index in [9.17, 15) is 0 Å². The zero-order chi connectivity index (χ0) is 11.0. The molecule has 3 N–H and O–H groups in total. The fourth-order valence-electron chi connectivity index (χ4n) is 1.61. The molecule has 0 atom stereocenters. The minimum Gasteiger partial charge on any atom is -0.330 e. The molecule has 0 aromatic carbocycles. The molecule has 5 nitrogen and oxygen atoms in total. The first-order chi connectivity index (χ1) is 7.86. The van der Waals surface area contributed by atoms with E-state index in [0.29, 0.717) is 6.54 Å². The van der Waals surface area contributed by atoms with Crippen LogP contribution in [0.3, 0.4) is 0 Å². The van der Waals surface area contributed by atoms with E-state index < -0.39 is 0 Å². The number of H-pyrrole nitrogens is 1. The molecular weight excluding hydrogens is 222 g/mol. The van der Waals surface area contributed by atoms with Crippen molar-refractivity contribution in [3.8, 4) is 10.7 Å². The first kappa shape index (κ1) is 9.56. The normalized spacial score (nSPS) is 11.3. The average molecular weight is 233 g/mol. The summed E-state index contributed by atoms with van der Waals surface area (Å²) in [6.45, 7) is 0.636. The predicted octanol–water partition coefficient (Wildman–Crippen LogP) is 1.29. The number of hydrogen-bond acceptors (Lipinski definition) is 4. The van der Waals surface area contributed by atoms with E-state index in [1.807, 2.05) is 22.2 Å². The van der Waals surface area contributed by atoms with Gasteiger partial charge in [0.2, 0.25) is 5.78 Å². The molecule has 0 amide bonds. The van der Waals surface area contributed by atoms with Crippen LogP contribution in [0.1, 0.15) is 5.69 Å². The molecule has 0 fully saturated rings. The Morgan fingerprint density at radius 3 is 3.25 bits per heavy atom. The van der Waals surface area contributed by atoms with Crippen molar-refractivity contribution in [3.63, 3.8) is 0 Å². The number of aromatic amines is 1. The highest BCUT2D eigenvalue weighted by atomic mass is 32.1. The molecule has 6 heteroatoms. The summed E-state index contributed by atoms with van der Waals surface area (Å²) < 4.78 is 1.94. The van der Waals surface area contributed by atoms with Gasteiger partial charge in [-0.2, -0.15) is 0 Å². The van der Waals surface area contributed by atoms with E-state index in [-0.39, 0.29) is 0 Å². The van der Waals surface area contributed by atoms with Crippen molar-refractivity contribution in [2.24, 2.45) is 5.73 Å². The third-order valence-electron chi connectivity index (χ3n) is 2.37. The van der Waals surface area contributed by atoms with Gasteiger partial charge in [0.1, 0.15) is 5.01 Å². The minimum atomic E-state index is 0.636. The van der Waals surface area contributed by atoms with Crippen molar-refractivity contribution in [3.05, 3.63) is 29.7 Å². The van der Waals surface area contributed by atoms with Gasteiger partial charge in [0, 0.05) is 30.4 Å². The minimum absolute atomic E-state index is 0.636. The summed E-state index contributed by atoms with van der Waals surface area (Å²) in [6, 6.07) is 0. The second kappa shape index (κ2) is 3.73. The van der Waals surface area contributed by atoms with Gasteiger partial charge in [-0.15, -0.1) is 11.3 Å². The molecular formula is C10H11N5S. The number of fused-ring (bicyclic) bond motifs is 1. The van der Waals surface area contributed by atoms with Gasteiger partial charge in [0.15, 0.2) is 0 Å². The maximum absolute atomic E-state index is 5.50. The first-order valence-electron chi connectivity index (χ1n) is 5.03. The van der Waals surface area contributed by atoms with E-state index in [1.54, 1.807) is 17.5 Å². The SMILES string of the molecule is NCCc1csc(-c2cn3ccnc3[nH]2)n1. The van der Waals surface area contributed by atoms with E-state index >= 15 is 0 Å². The molecule has 3 aromatic rings. The fraction of sp³-hybridized carbons (Fsp3) is 0.200. The van der Waals surface area contributed by atoms with Gasteiger partial charge in [-0.1, -0.05) is 0 Å². The quantitative estimate of drug-likeness (QED) is 0.716. The van der Waals surface area contributed by atoms with Crippen LogP contribution in [0.4, 0.5) is 0 Å². The zero-order valence-corrected chi connectivity index (χ0v) is 9.37. The van der Waals surface area contributed by atoms with Crippen LogP contribution in [-0.4, -0.2) is 25.9 Å². The van der Waals surface area contributed by atoms with Crippen molar-refractivity contribution in [1.82, 2.24) is 19.4 Å². The average Bonchev–Trinajstić information content (AvgIpc) is 2.88. The summed E-state index contributed by atoms with van der Waals surface area (Å²) in [7, 11) is 0. The maximum atomic E-state index is 5.50. The predicted molar refractivity (Wildman–Crippen MR) is 63.4 cm³/mol. The van der Waals surface area contributed by atoms with Gasteiger partial charge >= 0.3 is 0 Å². The maximum Gasteiger partial charge on any atom is 0.211 e. The number of imidazole rings is 2. The lowest BCUT2D eigenvalue weighted by Crippen LogP contribution is -2.02. The number of nitrogens with one attached hydrogen (secondary N) is 1. The molecule has 0 aliphatic rings. The van der Waals surface area contributed by atoms with Gasteiger partial charge < -0.3 is 10.7 Å². The van der Waals surface area contributed by atoms with E-state index in [2.05, 4.69) is 15.0 Å². The van der Waals surface area contributed by atoms with Crippen LogP contribution in [0.15, 0.2) is 24.0 Å². The van der Waals surface area contributed by atoms with Crippen molar-refractivity contribution in [1.29, 1.82) is 0 Å². The Kier molecular flexibility index (Phi) is 2.23. The van der Waals surface area contributed by atoms with Crippen molar-refractivity contribution < 1.29 is 0 Å². The van der Waals surface area contributed by atoms with Gasteiger partial charge in [-0.3, -0.25) is 4.40 Å². The van der Waals surface area contributed by atoms with Crippen LogP contribution in [0.2, 0.25) is 0 Å². The fourth-order valence-corrected chi connectivity index (χ4v) is 2.43. The van der Waals surface area contributed by atoms with Crippen LogP contribution >= 0.6 is 11.3 Å². The highest BCUT2D eigenvalue weighted by molar-refractivity contribution is 7.13. The highest BCUT2D eigenvalue weighted by Gasteiger charge is 2.07. The summed E-state index contributed by atoms with van der Waals surface area (Å²) in [5, 5.41) is 3.03. The third kappa shape index (κ3) is 1.52. The molecule has 16 heavy (non-hydrogen) atoms. The lowest BCUT2D eigenvalue weighted by atomic mass is 10.3. The van der Waals surface area contributed by atoms with Crippen molar-refractivity contribution >= 4 is 17.1 Å². The van der Waals surface area contributed by atoms with Crippen molar-refractivity contribution in [2.45, 2.75) is 6.42 Å². The first-order valence-corrected chi connectivity index (χ1v) is 5.91. The number of hydrogen-bond donors (Lipinski definition) is 2. The van der Waals surface area contributed by atoms with Gasteiger partial charge in [0.25, 0.3) is 0 Å². The molecule has 0 radical (unpaired) electrons. The summed E-state index contributed by atoms with van der Waals surface area (Å²) in [5.41, 5.74) is 7.54. The van der Waals surface area contributed by atoms with E-state index in [0.717, 1.165) is 28.6 Å². The van der Waals surface area contributed by atoms with Crippen LogP contribution in [0, 0.1) is 0 Å². The molecule has 3 aromatic heterocycles. The lowest BCUT2D eigenvalue weighted by Gasteiger charge is -1.89. The van der Waals surface area contributed by atoms with Gasteiger partial charge in [-0.05, 0) is 6.54 Å². The second-order valence-electron chi connectivity index (χ2n) is 3.51.